The third kappa shape index (κ3) is 3.47. The number of nitrogens with one attached hydrogen (secondary N) is 1. The molecular formula is C25H22Cl2N6O. The van der Waals surface area contributed by atoms with Crippen molar-refractivity contribution >= 4 is 45.9 Å². The minimum atomic E-state index is -0.381. The summed E-state index contributed by atoms with van der Waals surface area (Å²) in [5.41, 5.74) is 5.46. The van der Waals surface area contributed by atoms with Crippen LogP contribution in [0.4, 0.5) is 11.6 Å². The monoisotopic (exact) mass is 492 g/mol. The Labute approximate surface area is 206 Å². The topological polar surface area (TPSA) is 75.9 Å². The molecular weight excluding hydrogens is 471 g/mol. The van der Waals surface area contributed by atoms with Gasteiger partial charge in [0.05, 0.1) is 15.7 Å². The predicted molar refractivity (Wildman–Crippen MR) is 135 cm³/mol. The van der Waals surface area contributed by atoms with Crippen molar-refractivity contribution in [1.29, 1.82) is 0 Å². The van der Waals surface area contributed by atoms with Crippen LogP contribution in [0.15, 0.2) is 47.4 Å². The van der Waals surface area contributed by atoms with Gasteiger partial charge in [0.25, 0.3) is 5.56 Å². The summed E-state index contributed by atoms with van der Waals surface area (Å²) in [5.74, 6) is 0.341. The number of fused-ring (bicyclic) bond motifs is 3. The van der Waals surface area contributed by atoms with Crippen molar-refractivity contribution in [1.82, 2.24) is 24.6 Å². The van der Waals surface area contributed by atoms with E-state index in [1.807, 2.05) is 6.92 Å². The number of hydrogen-bond acceptors (Lipinski definition) is 6. The minimum absolute atomic E-state index is 0.157. The molecule has 2 aromatic carbocycles. The second-order valence-electron chi connectivity index (χ2n) is 9.34. The van der Waals surface area contributed by atoms with E-state index in [0.717, 1.165) is 24.3 Å². The largest absolute Gasteiger partial charge is 0.323 e. The number of aromatic nitrogens is 4. The number of anilines is 2. The van der Waals surface area contributed by atoms with E-state index in [9.17, 15) is 4.79 Å². The van der Waals surface area contributed by atoms with E-state index in [0.29, 0.717) is 32.6 Å². The summed E-state index contributed by atoms with van der Waals surface area (Å²) in [7, 11) is 2.17. The van der Waals surface area contributed by atoms with Crippen molar-refractivity contribution in [2.24, 2.45) is 0 Å². The van der Waals surface area contributed by atoms with Crippen molar-refractivity contribution < 1.29 is 0 Å². The summed E-state index contributed by atoms with van der Waals surface area (Å²) in [6.07, 6.45) is 4.19. The lowest BCUT2D eigenvalue weighted by Gasteiger charge is -2.32. The lowest BCUT2D eigenvalue weighted by atomic mass is 9.87. The van der Waals surface area contributed by atoms with E-state index in [1.54, 1.807) is 24.4 Å². The maximum atomic E-state index is 13.2. The first-order valence-electron chi connectivity index (χ1n) is 11.1. The first-order chi connectivity index (χ1) is 16.3. The highest BCUT2D eigenvalue weighted by molar-refractivity contribution is 6.37. The van der Waals surface area contributed by atoms with Crippen LogP contribution < -0.4 is 10.9 Å². The van der Waals surface area contributed by atoms with Gasteiger partial charge in [-0.2, -0.15) is 0 Å². The Morgan fingerprint density at radius 1 is 1.06 bits per heavy atom. The smallest absolute Gasteiger partial charge is 0.285 e. The standard InChI is InChI=1S/C25H22Cl2N6O/c1-14-11-33(22-18(26)4-3-5-19(22)27)23(34)21-20(14)29-24(31-30-21)28-16-6-7-17-15(10-16)12-32(2)13-25(17)8-9-25/h3-7,10-11H,8-9,12-13H2,1-2H3,(H,28,29,31). The highest BCUT2D eigenvalue weighted by atomic mass is 35.5. The Kier molecular flexibility index (Phi) is 4.92. The summed E-state index contributed by atoms with van der Waals surface area (Å²) in [6.45, 7) is 3.92. The fraction of sp³-hybridized carbons (Fsp3) is 0.280. The quantitative estimate of drug-likeness (QED) is 0.433. The number of aryl methyl sites for hydroxylation is 1. The number of halogens is 2. The molecule has 2 aromatic heterocycles. The molecule has 3 heterocycles. The zero-order chi connectivity index (χ0) is 23.6. The Balaban J connectivity index is 1.37. The fourth-order valence-electron chi connectivity index (χ4n) is 5.09. The molecule has 4 aromatic rings. The molecule has 0 radical (unpaired) electrons. The van der Waals surface area contributed by atoms with Crippen molar-refractivity contribution in [3.8, 4) is 5.69 Å². The van der Waals surface area contributed by atoms with Gasteiger partial charge in [-0.3, -0.25) is 9.36 Å². The molecule has 9 heteroatoms. The van der Waals surface area contributed by atoms with Crippen molar-refractivity contribution in [3.63, 3.8) is 0 Å². The van der Waals surface area contributed by atoms with Gasteiger partial charge in [0.1, 0.15) is 5.52 Å². The third-order valence-electron chi connectivity index (χ3n) is 6.78. The molecule has 1 aliphatic heterocycles. The lowest BCUT2D eigenvalue weighted by Crippen LogP contribution is -2.35. The molecule has 7 nitrogen and oxygen atoms in total. The van der Waals surface area contributed by atoms with Gasteiger partial charge in [-0.25, -0.2) is 4.98 Å². The van der Waals surface area contributed by atoms with Crippen LogP contribution in [0.1, 0.15) is 29.5 Å². The number of rotatable bonds is 3. The number of hydrogen-bond donors (Lipinski definition) is 1. The second kappa shape index (κ2) is 7.77. The SMILES string of the molecule is Cc1cn(-c2c(Cl)cccc2Cl)c(=O)c2nnc(Nc3ccc4c(c3)CN(C)CC43CC3)nc12. The molecule has 2 aliphatic rings. The summed E-state index contributed by atoms with van der Waals surface area (Å²) in [5, 5.41) is 12.4. The van der Waals surface area contributed by atoms with Gasteiger partial charge in [-0.15, -0.1) is 10.2 Å². The Morgan fingerprint density at radius 3 is 2.56 bits per heavy atom. The third-order valence-corrected chi connectivity index (χ3v) is 7.39. The van der Waals surface area contributed by atoms with Gasteiger partial charge in [0, 0.05) is 30.4 Å². The summed E-state index contributed by atoms with van der Waals surface area (Å²) < 4.78 is 1.40. The zero-order valence-electron chi connectivity index (χ0n) is 18.8. The minimum Gasteiger partial charge on any atom is -0.323 e. The van der Waals surface area contributed by atoms with E-state index in [1.165, 1.54) is 28.5 Å². The normalized spacial score (nSPS) is 16.6. The van der Waals surface area contributed by atoms with E-state index in [4.69, 9.17) is 23.2 Å². The molecule has 1 saturated carbocycles. The molecule has 1 N–H and O–H groups in total. The number of likely N-dealkylation sites (N-methyl/N-ethyl adjacent to an activating group) is 1. The first-order valence-corrected chi connectivity index (χ1v) is 11.9. The van der Waals surface area contributed by atoms with Crippen molar-refractivity contribution in [2.45, 2.75) is 31.7 Å². The Hall–Kier alpha value is -3.00. The number of nitrogens with zero attached hydrogens (tertiary/aromatic N) is 5. The molecule has 0 amide bonds. The summed E-state index contributed by atoms with van der Waals surface area (Å²) >= 11 is 12.7. The molecule has 0 atom stereocenters. The molecule has 172 valence electrons. The Bertz CT molecular complexity index is 1510. The lowest BCUT2D eigenvalue weighted by molar-refractivity contribution is 0.271. The average molecular weight is 493 g/mol. The Morgan fingerprint density at radius 2 is 1.82 bits per heavy atom. The van der Waals surface area contributed by atoms with E-state index < -0.39 is 0 Å². The summed E-state index contributed by atoms with van der Waals surface area (Å²) in [4.78, 5) is 20.2. The van der Waals surface area contributed by atoms with Gasteiger partial charge < -0.3 is 10.2 Å². The first kappa shape index (κ1) is 21.5. The number of para-hydroxylation sites is 1. The van der Waals surface area contributed by atoms with Gasteiger partial charge in [-0.1, -0.05) is 35.3 Å². The molecule has 0 bridgehead atoms. The molecule has 0 unspecified atom stereocenters. The summed E-state index contributed by atoms with van der Waals surface area (Å²) in [6, 6.07) is 11.6. The van der Waals surface area contributed by atoms with Crippen LogP contribution in [0.3, 0.4) is 0 Å². The van der Waals surface area contributed by atoms with Crippen LogP contribution >= 0.6 is 23.2 Å². The fourth-order valence-corrected chi connectivity index (χ4v) is 5.67. The van der Waals surface area contributed by atoms with Gasteiger partial charge in [-0.05, 0) is 67.8 Å². The molecule has 1 fully saturated rings. The molecule has 1 spiro atoms. The molecule has 1 aliphatic carbocycles. The molecule has 0 saturated heterocycles. The van der Waals surface area contributed by atoms with Crippen LogP contribution in [-0.2, 0) is 12.0 Å². The van der Waals surface area contributed by atoms with Gasteiger partial charge in [0.2, 0.25) is 5.95 Å². The maximum Gasteiger partial charge on any atom is 0.285 e. The van der Waals surface area contributed by atoms with Gasteiger partial charge >= 0.3 is 0 Å². The van der Waals surface area contributed by atoms with Crippen LogP contribution in [0, 0.1) is 6.92 Å². The van der Waals surface area contributed by atoms with Crippen LogP contribution in [0.5, 0.6) is 0 Å². The highest BCUT2D eigenvalue weighted by Gasteiger charge is 2.48. The van der Waals surface area contributed by atoms with E-state index in [2.05, 4.69) is 50.6 Å². The average Bonchev–Trinajstić information content (AvgIpc) is 3.56. The number of pyridine rings is 1. The predicted octanol–water partition coefficient (Wildman–Crippen LogP) is 5.01. The molecule has 6 rings (SSSR count). The van der Waals surface area contributed by atoms with E-state index in [-0.39, 0.29) is 11.1 Å². The van der Waals surface area contributed by atoms with Crippen molar-refractivity contribution in [3.05, 3.63) is 79.7 Å². The second-order valence-corrected chi connectivity index (χ2v) is 10.2. The zero-order valence-corrected chi connectivity index (χ0v) is 20.3. The maximum absolute atomic E-state index is 13.2. The van der Waals surface area contributed by atoms with Gasteiger partial charge in [0.15, 0.2) is 5.52 Å². The van der Waals surface area contributed by atoms with Crippen LogP contribution in [-0.4, -0.2) is 38.2 Å². The molecule has 34 heavy (non-hydrogen) atoms. The highest BCUT2D eigenvalue weighted by Crippen LogP contribution is 2.52. The van der Waals surface area contributed by atoms with Crippen molar-refractivity contribution in [2.75, 3.05) is 18.9 Å². The number of benzene rings is 2. The van der Waals surface area contributed by atoms with Crippen LogP contribution in [0.2, 0.25) is 10.0 Å². The van der Waals surface area contributed by atoms with Crippen LogP contribution in [0.25, 0.3) is 16.7 Å². The van der Waals surface area contributed by atoms with E-state index >= 15 is 0 Å².